The number of phenolic OH excluding ortho intramolecular Hbond substituents is 1. The van der Waals surface area contributed by atoms with Crippen LogP contribution in [-0.2, 0) is 10.1 Å². The van der Waals surface area contributed by atoms with E-state index in [-0.39, 0.29) is 16.4 Å². The Bertz CT molecular complexity index is 887. The van der Waals surface area contributed by atoms with E-state index in [0.29, 0.717) is 10.8 Å². The molecule has 0 aliphatic rings. The van der Waals surface area contributed by atoms with E-state index in [9.17, 15) is 13.5 Å². The molecule has 0 unspecified atom stereocenters. The number of fused-ring (bicyclic) bond motifs is 1. The molecular formula is C16H12O4S. The van der Waals surface area contributed by atoms with Crippen LogP contribution >= 0.6 is 0 Å². The first kappa shape index (κ1) is 13.5. The van der Waals surface area contributed by atoms with Gasteiger partial charge in [0, 0.05) is 5.39 Å². The van der Waals surface area contributed by atoms with E-state index < -0.39 is 10.1 Å². The molecule has 0 aliphatic heterocycles. The molecule has 0 aliphatic carbocycles. The van der Waals surface area contributed by atoms with Crippen molar-refractivity contribution in [2.24, 2.45) is 0 Å². The summed E-state index contributed by atoms with van der Waals surface area (Å²) in [5.74, 6) is 0.250. The second kappa shape index (κ2) is 5.10. The van der Waals surface area contributed by atoms with Crippen molar-refractivity contribution in [1.29, 1.82) is 0 Å². The second-order valence-corrected chi connectivity index (χ2v) is 6.03. The Labute approximate surface area is 122 Å². The Morgan fingerprint density at radius 1 is 0.857 bits per heavy atom. The Kier molecular flexibility index (Phi) is 3.27. The van der Waals surface area contributed by atoms with Gasteiger partial charge in [-0.25, -0.2) is 0 Å². The van der Waals surface area contributed by atoms with Crippen molar-refractivity contribution >= 4 is 20.9 Å². The van der Waals surface area contributed by atoms with Crippen LogP contribution in [0.2, 0.25) is 0 Å². The maximum absolute atomic E-state index is 12.4. The van der Waals surface area contributed by atoms with E-state index in [0.717, 1.165) is 0 Å². The molecule has 3 aromatic rings. The minimum Gasteiger partial charge on any atom is -0.508 e. The lowest BCUT2D eigenvalue weighted by Crippen LogP contribution is -2.10. The first-order chi connectivity index (χ1) is 10.1. The molecule has 0 radical (unpaired) electrons. The Balaban J connectivity index is 2.13. The van der Waals surface area contributed by atoms with Gasteiger partial charge >= 0.3 is 10.1 Å². The zero-order valence-electron chi connectivity index (χ0n) is 10.9. The van der Waals surface area contributed by atoms with Gasteiger partial charge in [-0.15, -0.1) is 0 Å². The van der Waals surface area contributed by atoms with Crippen molar-refractivity contribution in [3.05, 3.63) is 66.7 Å². The van der Waals surface area contributed by atoms with Gasteiger partial charge in [0.2, 0.25) is 0 Å². The standard InChI is InChI=1S/C16H12O4S/c17-13-10-9-12-5-4-8-16(15(12)11-13)21(18,19)20-14-6-2-1-3-7-14/h1-11,17H. The van der Waals surface area contributed by atoms with Crippen LogP contribution in [0, 0.1) is 0 Å². The maximum atomic E-state index is 12.4. The van der Waals surface area contributed by atoms with Crippen LogP contribution in [0.15, 0.2) is 71.6 Å². The van der Waals surface area contributed by atoms with E-state index >= 15 is 0 Å². The molecule has 0 saturated carbocycles. The summed E-state index contributed by atoms with van der Waals surface area (Å²) in [4.78, 5) is 0.0275. The first-order valence-corrected chi connectivity index (χ1v) is 7.68. The summed E-state index contributed by atoms with van der Waals surface area (Å²) < 4.78 is 30.0. The Morgan fingerprint density at radius 3 is 2.38 bits per heavy atom. The molecule has 0 spiro atoms. The van der Waals surface area contributed by atoms with Crippen molar-refractivity contribution in [3.8, 4) is 11.5 Å². The fourth-order valence-electron chi connectivity index (χ4n) is 2.10. The number of hydrogen-bond donors (Lipinski definition) is 1. The van der Waals surface area contributed by atoms with Gasteiger partial charge in [-0.1, -0.05) is 36.4 Å². The second-order valence-electron chi connectivity index (χ2n) is 4.51. The average Bonchev–Trinajstić information content (AvgIpc) is 2.47. The minimum atomic E-state index is -3.97. The molecule has 3 rings (SSSR count). The third kappa shape index (κ3) is 2.68. The van der Waals surface area contributed by atoms with Crippen LogP contribution in [0.4, 0.5) is 0 Å². The Hall–Kier alpha value is -2.53. The number of rotatable bonds is 3. The van der Waals surface area contributed by atoms with E-state index in [1.54, 1.807) is 48.5 Å². The van der Waals surface area contributed by atoms with Crippen molar-refractivity contribution < 1.29 is 17.7 Å². The van der Waals surface area contributed by atoms with Gasteiger partial charge in [0.25, 0.3) is 0 Å². The monoisotopic (exact) mass is 300 g/mol. The summed E-state index contributed by atoms with van der Waals surface area (Å²) in [5, 5.41) is 10.7. The lowest BCUT2D eigenvalue weighted by atomic mass is 10.1. The van der Waals surface area contributed by atoms with Crippen LogP contribution in [0.3, 0.4) is 0 Å². The molecule has 0 aromatic heterocycles. The highest BCUT2D eigenvalue weighted by Gasteiger charge is 2.19. The Morgan fingerprint density at radius 2 is 1.62 bits per heavy atom. The first-order valence-electron chi connectivity index (χ1n) is 6.27. The molecule has 21 heavy (non-hydrogen) atoms. The third-order valence-electron chi connectivity index (χ3n) is 3.04. The van der Waals surface area contributed by atoms with Crippen molar-refractivity contribution in [2.45, 2.75) is 4.90 Å². The number of aromatic hydroxyl groups is 1. The molecule has 3 aromatic carbocycles. The van der Waals surface area contributed by atoms with E-state index in [1.807, 2.05) is 0 Å². The summed E-state index contributed by atoms with van der Waals surface area (Å²) in [6, 6.07) is 17.8. The van der Waals surface area contributed by atoms with Gasteiger partial charge in [0.15, 0.2) is 0 Å². The highest BCUT2D eigenvalue weighted by Crippen LogP contribution is 2.28. The minimum absolute atomic E-state index is 0.00450. The molecular weight excluding hydrogens is 288 g/mol. The largest absolute Gasteiger partial charge is 0.508 e. The molecule has 4 nitrogen and oxygen atoms in total. The molecule has 0 bridgehead atoms. The third-order valence-corrected chi connectivity index (χ3v) is 4.35. The van der Waals surface area contributed by atoms with Crippen LogP contribution < -0.4 is 4.18 Å². The number of phenols is 1. The summed E-state index contributed by atoms with van der Waals surface area (Å²) in [6.07, 6.45) is 0. The van der Waals surface area contributed by atoms with E-state index in [4.69, 9.17) is 4.18 Å². The zero-order chi connectivity index (χ0) is 14.9. The highest BCUT2D eigenvalue weighted by atomic mass is 32.2. The van der Waals surface area contributed by atoms with Crippen LogP contribution in [0.25, 0.3) is 10.8 Å². The zero-order valence-corrected chi connectivity index (χ0v) is 11.7. The van der Waals surface area contributed by atoms with Crippen molar-refractivity contribution in [2.75, 3.05) is 0 Å². The van der Waals surface area contributed by atoms with Gasteiger partial charge in [-0.2, -0.15) is 8.42 Å². The molecule has 0 heterocycles. The van der Waals surface area contributed by atoms with Gasteiger partial charge in [-0.3, -0.25) is 0 Å². The highest BCUT2D eigenvalue weighted by molar-refractivity contribution is 7.87. The molecule has 0 amide bonds. The van der Waals surface area contributed by atoms with Crippen LogP contribution in [0.1, 0.15) is 0 Å². The van der Waals surface area contributed by atoms with Crippen molar-refractivity contribution in [3.63, 3.8) is 0 Å². The smallest absolute Gasteiger partial charge is 0.339 e. The topological polar surface area (TPSA) is 63.6 Å². The van der Waals surface area contributed by atoms with E-state index in [1.165, 1.54) is 18.2 Å². The fraction of sp³-hybridized carbons (Fsp3) is 0. The molecule has 0 fully saturated rings. The molecule has 1 N–H and O–H groups in total. The number of hydrogen-bond acceptors (Lipinski definition) is 4. The quantitative estimate of drug-likeness (QED) is 0.754. The summed E-state index contributed by atoms with van der Waals surface area (Å²) in [5.41, 5.74) is 0. The van der Waals surface area contributed by atoms with Gasteiger partial charge in [0.1, 0.15) is 16.4 Å². The predicted octanol–water partition coefficient (Wildman–Crippen LogP) is 3.31. The lowest BCUT2D eigenvalue weighted by molar-refractivity contribution is 0.476. The maximum Gasteiger partial charge on any atom is 0.339 e. The SMILES string of the molecule is O=S(=O)(Oc1ccccc1)c1cccc2ccc(O)cc12. The summed E-state index contributed by atoms with van der Waals surface area (Å²) in [6.45, 7) is 0. The van der Waals surface area contributed by atoms with E-state index in [2.05, 4.69) is 0 Å². The normalized spacial score (nSPS) is 11.4. The predicted molar refractivity (Wildman–Crippen MR) is 79.9 cm³/mol. The fourth-order valence-corrected chi connectivity index (χ4v) is 3.24. The van der Waals surface area contributed by atoms with Gasteiger partial charge in [-0.05, 0) is 35.7 Å². The lowest BCUT2D eigenvalue weighted by Gasteiger charge is -2.09. The number of benzene rings is 3. The van der Waals surface area contributed by atoms with Crippen LogP contribution in [-0.4, -0.2) is 13.5 Å². The molecule has 106 valence electrons. The molecule has 5 heteroatoms. The van der Waals surface area contributed by atoms with Crippen molar-refractivity contribution in [1.82, 2.24) is 0 Å². The molecule has 0 saturated heterocycles. The number of para-hydroxylation sites is 1. The summed E-state index contributed by atoms with van der Waals surface area (Å²) in [7, 11) is -3.97. The summed E-state index contributed by atoms with van der Waals surface area (Å²) >= 11 is 0. The van der Waals surface area contributed by atoms with Crippen LogP contribution in [0.5, 0.6) is 11.5 Å². The van der Waals surface area contributed by atoms with Gasteiger partial charge < -0.3 is 9.29 Å². The van der Waals surface area contributed by atoms with Gasteiger partial charge in [0.05, 0.1) is 0 Å². The average molecular weight is 300 g/mol. The molecule has 0 atom stereocenters.